The minimum absolute atomic E-state index is 0.179. The Morgan fingerprint density at radius 2 is 2.07 bits per heavy atom. The van der Waals surface area contributed by atoms with Gasteiger partial charge in [0.05, 0.1) is 21.1 Å². The monoisotopic (exact) mass is 398 g/mol. The summed E-state index contributed by atoms with van der Waals surface area (Å²) in [7, 11) is 0. The summed E-state index contributed by atoms with van der Waals surface area (Å²) in [6.07, 6.45) is 0. The number of carbonyl (C=O) groups is 1. The zero-order valence-corrected chi connectivity index (χ0v) is 16.2. The topological polar surface area (TPSA) is 76.9 Å². The summed E-state index contributed by atoms with van der Waals surface area (Å²) in [5.74, 6) is -0.583. The number of carbonyl (C=O) groups excluding carboxylic acids is 1. The lowest BCUT2D eigenvalue weighted by atomic mass is 10.2. The third kappa shape index (κ3) is 3.20. The second-order valence-corrected chi connectivity index (χ2v) is 7.57. The number of anilines is 1. The Morgan fingerprint density at radius 3 is 2.85 bits per heavy atom. The van der Waals surface area contributed by atoms with Gasteiger partial charge in [-0.1, -0.05) is 29.0 Å². The van der Waals surface area contributed by atoms with E-state index in [9.17, 15) is 9.59 Å². The van der Waals surface area contributed by atoms with E-state index in [1.165, 1.54) is 11.3 Å². The zero-order valence-electron chi connectivity index (χ0n) is 14.6. The summed E-state index contributed by atoms with van der Waals surface area (Å²) in [5.41, 5.74) is 1.92. The van der Waals surface area contributed by atoms with E-state index >= 15 is 0 Å². The number of aryl methyl sites for hydroxylation is 2. The van der Waals surface area contributed by atoms with E-state index < -0.39 is 11.3 Å². The molecule has 4 aromatic rings. The molecule has 0 bridgehead atoms. The first-order chi connectivity index (χ1) is 13.0. The first-order valence-electron chi connectivity index (χ1n) is 8.35. The van der Waals surface area contributed by atoms with E-state index in [4.69, 9.17) is 11.6 Å². The van der Waals surface area contributed by atoms with Crippen molar-refractivity contribution in [1.82, 2.24) is 14.8 Å². The van der Waals surface area contributed by atoms with Crippen LogP contribution in [0.2, 0.25) is 5.02 Å². The minimum atomic E-state index is -0.583. The molecule has 8 heteroatoms. The van der Waals surface area contributed by atoms with Gasteiger partial charge in [-0.15, -0.1) is 0 Å². The van der Waals surface area contributed by atoms with E-state index in [-0.39, 0.29) is 5.69 Å². The lowest BCUT2D eigenvalue weighted by Gasteiger charge is -2.10. The van der Waals surface area contributed by atoms with Crippen molar-refractivity contribution in [2.75, 3.05) is 5.32 Å². The summed E-state index contributed by atoms with van der Waals surface area (Å²) in [6.45, 7) is 4.40. The second-order valence-electron chi connectivity index (χ2n) is 6.10. The first kappa shape index (κ1) is 17.6. The van der Waals surface area contributed by atoms with Crippen LogP contribution in [0.15, 0.2) is 41.2 Å². The van der Waals surface area contributed by atoms with Gasteiger partial charge in [-0.25, -0.2) is 4.98 Å². The number of hydrogen-bond donors (Lipinski definition) is 1. The zero-order chi connectivity index (χ0) is 19.1. The summed E-state index contributed by atoms with van der Waals surface area (Å²) in [4.78, 5) is 29.9. The largest absolute Gasteiger partial charge is 0.296 e. The molecule has 0 saturated heterocycles. The van der Waals surface area contributed by atoms with Gasteiger partial charge in [-0.2, -0.15) is 5.10 Å². The fourth-order valence-electron chi connectivity index (χ4n) is 2.89. The Labute approximate surface area is 163 Å². The van der Waals surface area contributed by atoms with Gasteiger partial charge in [0.1, 0.15) is 0 Å². The fourth-order valence-corrected chi connectivity index (χ4v) is 4.03. The number of hydrogen-bond acceptors (Lipinski definition) is 5. The molecule has 0 unspecified atom stereocenters. The first-order valence-corrected chi connectivity index (χ1v) is 9.54. The van der Waals surface area contributed by atoms with Crippen LogP contribution in [-0.2, 0) is 6.54 Å². The van der Waals surface area contributed by atoms with E-state index in [1.54, 1.807) is 22.9 Å². The number of halogens is 1. The average Bonchev–Trinajstić information content (AvgIpc) is 3.03. The van der Waals surface area contributed by atoms with Gasteiger partial charge >= 0.3 is 0 Å². The van der Waals surface area contributed by atoms with Crippen LogP contribution in [-0.4, -0.2) is 20.7 Å². The average molecular weight is 399 g/mol. The number of benzene rings is 2. The molecule has 0 aliphatic rings. The van der Waals surface area contributed by atoms with Crippen LogP contribution in [0.3, 0.4) is 0 Å². The fraction of sp³-hybridized carbons (Fsp3) is 0.158. The highest BCUT2D eigenvalue weighted by molar-refractivity contribution is 7.22. The van der Waals surface area contributed by atoms with Crippen molar-refractivity contribution in [1.29, 1.82) is 0 Å². The van der Waals surface area contributed by atoms with Gasteiger partial charge in [0.2, 0.25) is 5.43 Å². The molecule has 0 atom stereocenters. The molecule has 0 spiro atoms. The lowest BCUT2D eigenvalue weighted by Crippen LogP contribution is -2.27. The number of rotatable bonds is 3. The van der Waals surface area contributed by atoms with Crippen LogP contribution in [0.25, 0.3) is 21.1 Å². The Balaban J connectivity index is 1.77. The summed E-state index contributed by atoms with van der Waals surface area (Å²) in [6, 6.07) is 10.8. The van der Waals surface area contributed by atoms with Crippen LogP contribution >= 0.6 is 22.9 Å². The van der Waals surface area contributed by atoms with Gasteiger partial charge in [0, 0.05) is 11.6 Å². The van der Waals surface area contributed by atoms with Crippen LogP contribution in [0.5, 0.6) is 0 Å². The molecule has 0 saturated carbocycles. The standard InChI is InChI=1S/C19H15ClN4O2S/c1-3-24-14-7-5-11(20)9-12(14)17(25)16(23-24)18(26)22-19-21-13-6-4-10(2)8-15(13)27-19/h4-9H,3H2,1-2H3,(H,21,22,26). The summed E-state index contributed by atoms with van der Waals surface area (Å²) in [5, 5.41) is 8.16. The highest BCUT2D eigenvalue weighted by atomic mass is 35.5. The normalized spacial score (nSPS) is 11.2. The Morgan fingerprint density at radius 1 is 1.26 bits per heavy atom. The molecular weight excluding hydrogens is 384 g/mol. The number of fused-ring (bicyclic) bond motifs is 2. The number of amides is 1. The number of aromatic nitrogens is 3. The third-order valence-corrected chi connectivity index (χ3v) is 5.36. The van der Waals surface area contributed by atoms with Gasteiger partial charge in [0.15, 0.2) is 10.8 Å². The van der Waals surface area contributed by atoms with Crippen LogP contribution in [0.1, 0.15) is 23.0 Å². The minimum Gasteiger partial charge on any atom is -0.296 e. The third-order valence-electron chi connectivity index (χ3n) is 4.20. The van der Waals surface area contributed by atoms with Gasteiger partial charge < -0.3 is 0 Å². The maximum atomic E-state index is 12.8. The van der Waals surface area contributed by atoms with Gasteiger partial charge in [0.25, 0.3) is 5.91 Å². The van der Waals surface area contributed by atoms with Crippen LogP contribution in [0.4, 0.5) is 5.13 Å². The van der Waals surface area contributed by atoms with E-state index in [2.05, 4.69) is 15.4 Å². The number of nitrogens with zero attached hydrogens (tertiary/aromatic N) is 3. The quantitative estimate of drug-likeness (QED) is 0.560. The SMILES string of the molecule is CCn1nc(C(=O)Nc2nc3ccc(C)cc3s2)c(=O)c2cc(Cl)ccc21. The number of nitrogens with one attached hydrogen (secondary N) is 1. The van der Waals surface area contributed by atoms with Crippen molar-refractivity contribution in [3.63, 3.8) is 0 Å². The smallest absolute Gasteiger partial charge is 0.281 e. The maximum Gasteiger partial charge on any atom is 0.281 e. The van der Waals surface area contributed by atoms with Crippen molar-refractivity contribution >= 4 is 55.1 Å². The molecule has 0 fully saturated rings. The van der Waals surface area contributed by atoms with Crippen molar-refractivity contribution in [2.45, 2.75) is 20.4 Å². The Hall–Kier alpha value is -2.77. The van der Waals surface area contributed by atoms with Crippen LogP contribution in [0, 0.1) is 6.92 Å². The molecule has 0 radical (unpaired) electrons. The van der Waals surface area contributed by atoms with Crippen LogP contribution < -0.4 is 10.7 Å². The van der Waals surface area contributed by atoms with Gasteiger partial charge in [-0.05, 0) is 49.7 Å². The summed E-state index contributed by atoms with van der Waals surface area (Å²) >= 11 is 7.38. The highest BCUT2D eigenvalue weighted by Crippen LogP contribution is 2.27. The molecule has 0 aliphatic carbocycles. The molecule has 0 aliphatic heterocycles. The molecule has 6 nitrogen and oxygen atoms in total. The van der Waals surface area contributed by atoms with Crippen molar-refractivity contribution in [3.8, 4) is 0 Å². The second kappa shape index (κ2) is 6.75. The molecule has 136 valence electrons. The van der Waals surface area contributed by atoms with Crippen molar-refractivity contribution in [3.05, 3.63) is 62.9 Å². The highest BCUT2D eigenvalue weighted by Gasteiger charge is 2.19. The maximum absolute atomic E-state index is 12.8. The van der Waals surface area contributed by atoms with E-state index in [0.717, 1.165) is 15.8 Å². The molecule has 2 heterocycles. The predicted octanol–water partition coefficient (Wildman–Crippen LogP) is 4.24. The molecule has 2 aromatic heterocycles. The van der Waals surface area contributed by atoms with Crippen molar-refractivity contribution in [2.24, 2.45) is 0 Å². The molecular formula is C19H15ClN4O2S. The van der Waals surface area contributed by atoms with Gasteiger partial charge in [-0.3, -0.25) is 19.6 Å². The molecule has 2 aromatic carbocycles. The van der Waals surface area contributed by atoms with Crippen molar-refractivity contribution < 1.29 is 4.79 Å². The molecule has 1 amide bonds. The molecule has 27 heavy (non-hydrogen) atoms. The lowest BCUT2D eigenvalue weighted by molar-refractivity contribution is 0.101. The predicted molar refractivity (Wildman–Crippen MR) is 109 cm³/mol. The molecule has 1 N–H and O–H groups in total. The summed E-state index contributed by atoms with van der Waals surface area (Å²) < 4.78 is 2.58. The Bertz CT molecular complexity index is 1260. The number of thiazole rings is 1. The Kier molecular flexibility index (Phi) is 4.41. The van der Waals surface area contributed by atoms with E-state index in [0.29, 0.717) is 27.6 Å². The molecule has 4 rings (SSSR count). The van der Waals surface area contributed by atoms with E-state index in [1.807, 2.05) is 32.0 Å².